The van der Waals surface area contributed by atoms with Gasteiger partial charge in [0.15, 0.2) is 17.8 Å². The van der Waals surface area contributed by atoms with Crippen LogP contribution in [0.3, 0.4) is 0 Å². The van der Waals surface area contributed by atoms with Crippen LogP contribution < -0.4 is 11.0 Å². The van der Waals surface area contributed by atoms with Crippen molar-refractivity contribution in [3.05, 3.63) is 16.7 Å². The Labute approximate surface area is 107 Å². The van der Waals surface area contributed by atoms with Crippen molar-refractivity contribution in [2.45, 2.75) is 24.5 Å². The minimum atomic E-state index is -1.41. The van der Waals surface area contributed by atoms with E-state index in [4.69, 9.17) is 9.84 Å². The van der Waals surface area contributed by atoms with Crippen LogP contribution in [0.2, 0.25) is 0 Å². The van der Waals surface area contributed by atoms with Crippen LogP contribution in [0.4, 0.5) is 5.82 Å². The molecule has 2 unspecified atom stereocenters. The van der Waals surface area contributed by atoms with E-state index >= 15 is 0 Å². The fourth-order valence-electron chi connectivity index (χ4n) is 1.93. The molecule has 1 aliphatic rings. The number of hydrogen-bond donors (Lipinski definition) is 5. The van der Waals surface area contributed by atoms with Crippen molar-refractivity contribution in [1.82, 2.24) is 9.55 Å². The van der Waals surface area contributed by atoms with Gasteiger partial charge in [-0.15, -0.1) is 0 Å². The second kappa shape index (κ2) is 5.13. The van der Waals surface area contributed by atoms with Gasteiger partial charge in [0.1, 0.15) is 18.3 Å². The highest BCUT2D eigenvalue weighted by Crippen LogP contribution is 2.29. The Bertz CT molecular complexity index is 518. The van der Waals surface area contributed by atoms with Crippen molar-refractivity contribution in [3.63, 3.8) is 0 Å². The molecule has 1 aromatic heterocycles. The molecule has 19 heavy (non-hydrogen) atoms. The first kappa shape index (κ1) is 13.7. The number of aromatic nitrogens is 2. The zero-order chi connectivity index (χ0) is 14.2. The summed E-state index contributed by atoms with van der Waals surface area (Å²) in [4.78, 5) is 15.3. The maximum absolute atomic E-state index is 11.8. The van der Waals surface area contributed by atoms with Crippen LogP contribution in [0.25, 0.3) is 0 Å². The van der Waals surface area contributed by atoms with Crippen LogP contribution in [0.15, 0.2) is 11.0 Å². The molecule has 0 aromatic carbocycles. The molecule has 9 heteroatoms. The number of aliphatic hydroxyl groups is 3. The normalized spacial score (nSPS) is 30.5. The molecule has 1 saturated heterocycles. The molecular weight excluding hydrogens is 258 g/mol. The third-order valence-corrected chi connectivity index (χ3v) is 2.96. The Kier molecular flexibility index (Phi) is 3.71. The number of aromatic hydroxyl groups is 1. The molecule has 0 saturated carbocycles. The molecule has 0 aliphatic carbocycles. The van der Waals surface area contributed by atoms with E-state index in [1.165, 1.54) is 7.05 Å². The zero-order valence-corrected chi connectivity index (χ0v) is 10.1. The summed E-state index contributed by atoms with van der Waals surface area (Å²) in [5.74, 6) is -0.312. The fraction of sp³-hybridized carbons (Fsp3) is 0.600. The summed E-state index contributed by atoms with van der Waals surface area (Å²) in [6.07, 6.45) is -3.91. The Morgan fingerprint density at radius 2 is 2.16 bits per heavy atom. The van der Waals surface area contributed by atoms with Gasteiger partial charge in [0.2, 0.25) is 0 Å². The molecule has 0 bridgehead atoms. The fourth-order valence-corrected chi connectivity index (χ4v) is 1.93. The summed E-state index contributed by atoms with van der Waals surface area (Å²) in [6.45, 7) is -0.502. The predicted octanol–water partition coefficient (Wildman–Crippen LogP) is -2.40. The SMILES string of the molecule is CNc1nc(=O)n([C@@H]2O[C@H](CO)C(O)C2O)cc1O. The molecule has 106 valence electrons. The van der Waals surface area contributed by atoms with Crippen molar-refractivity contribution >= 4 is 5.82 Å². The van der Waals surface area contributed by atoms with E-state index in [1.807, 2.05) is 0 Å². The third kappa shape index (κ3) is 2.28. The largest absolute Gasteiger partial charge is 0.503 e. The van der Waals surface area contributed by atoms with E-state index in [2.05, 4.69) is 10.3 Å². The molecular formula is C10H15N3O6. The molecule has 1 aromatic rings. The monoisotopic (exact) mass is 273 g/mol. The highest BCUT2D eigenvalue weighted by molar-refractivity contribution is 5.46. The first-order valence-electron chi connectivity index (χ1n) is 5.62. The number of ether oxygens (including phenoxy) is 1. The highest BCUT2D eigenvalue weighted by Gasteiger charge is 2.43. The molecule has 1 aliphatic heterocycles. The summed E-state index contributed by atoms with van der Waals surface area (Å²) in [5, 5.41) is 40.5. The number of hydrogen-bond acceptors (Lipinski definition) is 8. The van der Waals surface area contributed by atoms with Crippen molar-refractivity contribution < 1.29 is 25.2 Å². The molecule has 0 radical (unpaired) electrons. The average molecular weight is 273 g/mol. The number of anilines is 1. The van der Waals surface area contributed by atoms with Crippen LogP contribution in [0.5, 0.6) is 5.75 Å². The lowest BCUT2D eigenvalue weighted by atomic mass is 10.1. The minimum absolute atomic E-state index is 0.00649. The second-order valence-corrected chi connectivity index (χ2v) is 4.14. The predicted molar refractivity (Wildman–Crippen MR) is 62.7 cm³/mol. The first-order valence-corrected chi connectivity index (χ1v) is 5.62. The van der Waals surface area contributed by atoms with Gasteiger partial charge in [-0.3, -0.25) is 4.57 Å². The summed E-state index contributed by atoms with van der Waals surface area (Å²) in [5.41, 5.74) is -0.767. The minimum Gasteiger partial charge on any atom is -0.503 e. The van der Waals surface area contributed by atoms with Gasteiger partial charge in [0, 0.05) is 7.05 Å². The number of rotatable bonds is 3. The van der Waals surface area contributed by atoms with Gasteiger partial charge in [-0.2, -0.15) is 4.98 Å². The Balaban J connectivity index is 2.38. The van der Waals surface area contributed by atoms with Gasteiger partial charge in [0.25, 0.3) is 0 Å². The topological polar surface area (TPSA) is 137 Å². The van der Waals surface area contributed by atoms with Crippen LogP contribution >= 0.6 is 0 Å². The number of nitrogens with one attached hydrogen (secondary N) is 1. The van der Waals surface area contributed by atoms with E-state index in [1.54, 1.807) is 0 Å². The molecule has 9 nitrogen and oxygen atoms in total. The van der Waals surface area contributed by atoms with Crippen molar-refractivity contribution in [1.29, 1.82) is 0 Å². The molecule has 0 amide bonds. The summed E-state index contributed by atoms with van der Waals surface area (Å²) in [7, 11) is 1.48. The van der Waals surface area contributed by atoms with E-state index in [0.717, 1.165) is 10.8 Å². The van der Waals surface area contributed by atoms with Crippen LogP contribution in [0.1, 0.15) is 6.23 Å². The van der Waals surface area contributed by atoms with Crippen molar-refractivity contribution in [2.75, 3.05) is 19.0 Å². The maximum atomic E-state index is 11.8. The maximum Gasteiger partial charge on any atom is 0.351 e. The number of nitrogens with zero attached hydrogens (tertiary/aromatic N) is 2. The van der Waals surface area contributed by atoms with Gasteiger partial charge in [-0.05, 0) is 0 Å². The Hall–Kier alpha value is -1.68. The third-order valence-electron chi connectivity index (χ3n) is 2.96. The second-order valence-electron chi connectivity index (χ2n) is 4.14. The average Bonchev–Trinajstić information content (AvgIpc) is 2.68. The lowest BCUT2D eigenvalue weighted by molar-refractivity contribution is -0.0551. The van der Waals surface area contributed by atoms with Crippen LogP contribution in [-0.4, -0.2) is 61.9 Å². The quantitative estimate of drug-likeness (QED) is 0.411. The van der Waals surface area contributed by atoms with Crippen LogP contribution in [-0.2, 0) is 4.74 Å². The van der Waals surface area contributed by atoms with E-state index in [0.29, 0.717) is 0 Å². The lowest BCUT2D eigenvalue weighted by Gasteiger charge is -2.17. The highest BCUT2D eigenvalue weighted by atomic mass is 16.6. The van der Waals surface area contributed by atoms with Gasteiger partial charge >= 0.3 is 5.69 Å². The molecule has 2 heterocycles. The van der Waals surface area contributed by atoms with Crippen molar-refractivity contribution in [2.24, 2.45) is 0 Å². The van der Waals surface area contributed by atoms with Gasteiger partial charge < -0.3 is 30.5 Å². The lowest BCUT2D eigenvalue weighted by Crippen LogP contribution is -2.36. The van der Waals surface area contributed by atoms with E-state index in [-0.39, 0.29) is 11.6 Å². The van der Waals surface area contributed by atoms with Crippen molar-refractivity contribution in [3.8, 4) is 5.75 Å². The van der Waals surface area contributed by atoms with Gasteiger partial charge in [-0.25, -0.2) is 4.79 Å². The standard InChI is InChI=1S/C10H15N3O6/c1-11-8-4(15)2-13(10(18)12-8)9-7(17)6(16)5(3-14)19-9/h2,5-7,9,14-17H,3H2,1H3,(H,11,12,18)/t5-,6?,7?,9-/m1/s1. The molecule has 0 spiro atoms. The van der Waals surface area contributed by atoms with Crippen LogP contribution in [0, 0.1) is 0 Å². The molecule has 2 rings (SSSR count). The Morgan fingerprint density at radius 3 is 2.68 bits per heavy atom. The van der Waals surface area contributed by atoms with Gasteiger partial charge in [0.05, 0.1) is 12.8 Å². The Morgan fingerprint density at radius 1 is 1.47 bits per heavy atom. The summed E-state index contributed by atoms with van der Waals surface area (Å²) in [6, 6.07) is 0. The first-order chi connectivity index (χ1) is 8.99. The zero-order valence-electron chi connectivity index (χ0n) is 10.1. The molecule has 5 N–H and O–H groups in total. The van der Waals surface area contributed by atoms with Gasteiger partial charge in [-0.1, -0.05) is 0 Å². The molecule has 1 fully saturated rings. The smallest absolute Gasteiger partial charge is 0.351 e. The number of aliphatic hydroxyl groups excluding tert-OH is 3. The summed E-state index contributed by atoms with van der Waals surface area (Å²) >= 11 is 0. The summed E-state index contributed by atoms with van der Waals surface area (Å²) < 4.78 is 6.03. The molecule has 4 atom stereocenters. The van der Waals surface area contributed by atoms with E-state index < -0.39 is 36.8 Å². The van der Waals surface area contributed by atoms with E-state index in [9.17, 15) is 20.1 Å².